The molecule has 0 aromatic rings. The number of piperidine rings is 1. The van der Waals surface area contributed by atoms with Crippen LogP contribution in [0.1, 0.15) is 40.5 Å². The van der Waals surface area contributed by atoms with Crippen LogP contribution >= 0.6 is 0 Å². The van der Waals surface area contributed by atoms with E-state index >= 15 is 0 Å². The van der Waals surface area contributed by atoms with Gasteiger partial charge in [-0.3, -0.25) is 14.6 Å². The number of likely N-dealkylation sites (tertiary alicyclic amines) is 1. The number of nitrogens with zero attached hydrogens (tertiary/aromatic N) is 3. The Bertz CT molecular complexity index is 347. The zero-order valence-corrected chi connectivity index (χ0v) is 17.3. The van der Waals surface area contributed by atoms with Gasteiger partial charge in [0.15, 0.2) is 0 Å². The van der Waals surface area contributed by atoms with Crippen molar-refractivity contribution >= 4 is 5.78 Å². The number of piperazine rings is 1. The fraction of sp³-hybridized carbons (Fsp3) is 0.950. The van der Waals surface area contributed by atoms with Crippen molar-refractivity contribution in [1.82, 2.24) is 14.7 Å². The van der Waals surface area contributed by atoms with Crippen LogP contribution in [-0.2, 0) is 9.53 Å². The molecule has 0 spiro atoms. The van der Waals surface area contributed by atoms with E-state index in [-0.39, 0.29) is 5.92 Å². The third-order valence-corrected chi connectivity index (χ3v) is 5.32. The van der Waals surface area contributed by atoms with Gasteiger partial charge in [0.05, 0.1) is 13.2 Å². The van der Waals surface area contributed by atoms with Crippen molar-refractivity contribution in [2.45, 2.75) is 40.5 Å². The van der Waals surface area contributed by atoms with Crippen LogP contribution in [0, 0.1) is 11.8 Å². The normalized spacial score (nSPS) is 21.2. The van der Waals surface area contributed by atoms with Gasteiger partial charge in [-0.25, -0.2) is 0 Å². The maximum absolute atomic E-state index is 11.9. The molecule has 0 aromatic carbocycles. The molecule has 2 saturated heterocycles. The van der Waals surface area contributed by atoms with E-state index in [1.54, 1.807) is 7.11 Å². The molecule has 5 nitrogen and oxygen atoms in total. The lowest BCUT2D eigenvalue weighted by molar-refractivity contribution is -0.123. The fourth-order valence-corrected chi connectivity index (χ4v) is 3.51. The summed E-state index contributed by atoms with van der Waals surface area (Å²) in [7, 11) is 1.78. The van der Waals surface area contributed by atoms with E-state index in [0.29, 0.717) is 12.3 Å². The third kappa shape index (κ3) is 8.63. The number of ketones is 1. The van der Waals surface area contributed by atoms with Crippen LogP contribution in [0.25, 0.3) is 0 Å². The van der Waals surface area contributed by atoms with Gasteiger partial charge in [0.2, 0.25) is 0 Å². The summed E-state index contributed by atoms with van der Waals surface area (Å²) < 4.78 is 5.16. The largest absolute Gasteiger partial charge is 0.383 e. The van der Waals surface area contributed by atoms with Crippen LogP contribution < -0.4 is 0 Å². The van der Waals surface area contributed by atoms with Gasteiger partial charge < -0.3 is 9.64 Å². The van der Waals surface area contributed by atoms with Crippen LogP contribution in [0.4, 0.5) is 0 Å². The van der Waals surface area contributed by atoms with E-state index in [9.17, 15) is 4.79 Å². The van der Waals surface area contributed by atoms with Gasteiger partial charge in [0.25, 0.3) is 0 Å². The van der Waals surface area contributed by atoms with Gasteiger partial charge in [0, 0.05) is 52.3 Å². The number of hydrogen-bond acceptors (Lipinski definition) is 5. The maximum Gasteiger partial charge on any atom is 0.149 e. The Hall–Kier alpha value is -0.490. The highest BCUT2D eigenvalue weighted by Crippen LogP contribution is 2.19. The average Bonchev–Trinajstić information content (AvgIpc) is 2.64. The standard InChI is InChI=1S/C18H35N3O2.C2H6/c1-16(2)18(22)15-20-6-4-17(5-7-20)14-21-10-8-19(9-11-21)12-13-23-3;1-2/h16-17H,4-15H2,1-3H3;1-2H3. The van der Waals surface area contributed by atoms with Crippen molar-refractivity contribution < 1.29 is 9.53 Å². The van der Waals surface area contributed by atoms with E-state index in [2.05, 4.69) is 14.7 Å². The van der Waals surface area contributed by atoms with Crippen LogP contribution in [0.15, 0.2) is 0 Å². The summed E-state index contributed by atoms with van der Waals surface area (Å²) >= 11 is 0. The van der Waals surface area contributed by atoms with E-state index in [0.717, 1.165) is 32.2 Å². The number of rotatable bonds is 8. The molecule has 0 unspecified atom stereocenters. The number of methoxy groups -OCH3 is 1. The zero-order chi connectivity index (χ0) is 18.7. The second-order valence-electron chi connectivity index (χ2n) is 7.48. The van der Waals surface area contributed by atoms with Crippen molar-refractivity contribution in [3.63, 3.8) is 0 Å². The zero-order valence-electron chi connectivity index (χ0n) is 17.3. The van der Waals surface area contributed by atoms with Gasteiger partial charge in [-0.1, -0.05) is 27.7 Å². The molecule has 0 aliphatic carbocycles. The molecule has 5 heteroatoms. The SMILES string of the molecule is CC.COCCN1CCN(CC2CCN(CC(=O)C(C)C)CC2)CC1. The molecule has 0 atom stereocenters. The molecule has 0 bridgehead atoms. The second kappa shape index (κ2) is 12.8. The molecular formula is C20H41N3O2. The lowest BCUT2D eigenvalue weighted by Crippen LogP contribution is -2.49. The first kappa shape index (κ1) is 22.6. The molecule has 2 fully saturated rings. The second-order valence-corrected chi connectivity index (χ2v) is 7.48. The molecule has 2 aliphatic heterocycles. The lowest BCUT2D eigenvalue weighted by atomic mass is 9.95. The Kier molecular flexibility index (Phi) is 11.5. The topological polar surface area (TPSA) is 36.0 Å². The van der Waals surface area contributed by atoms with Crippen molar-refractivity contribution in [3.05, 3.63) is 0 Å². The van der Waals surface area contributed by atoms with Crippen LogP contribution in [-0.4, -0.2) is 93.1 Å². The number of hydrogen-bond donors (Lipinski definition) is 0. The summed E-state index contributed by atoms with van der Waals surface area (Å²) in [5, 5.41) is 0. The van der Waals surface area contributed by atoms with Crippen molar-refractivity contribution in [3.8, 4) is 0 Å². The van der Waals surface area contributed by atoms with E-state index in [1.165, 1.54) is 45.6 Å². The minimum Gasteiger partial charge on any atom is -0.383 e. The molecule has 0 saturated carbocycles. The predicted octanol–water partition coefficient (Wildman–Crippen LogP) is 2.21. The summed E-state index contributed by atoms with van der Waals surface area (Å²) in [6, 6.07) is 0. The van der Waals surface area contributed by atoms with E-state index in [1.807, 2.05) is 27.7 Å². The molecule has 2 aliphatic rings. The predicted molar refractivity (Wildman–Crippen MR) is 105 cm³/mol. The number of carbonyl (C=O) groups excluding carboxylic acids is 1. The van der Waals surface area contributed by atoms with E-state index < -0.39 is 0 Å². The molecular weight excluding hydrogens is 314 g/mol. The van der Waals surface area contributed by atoms with Crippen molar-refractivity contribution in [1.29, 1.82) is 0 Å². The van der Waals surface area contributed by atoms with Crippen LogP contribution in [0.3, 0.4) is 0 Å². The highest BCUT2D eigenvalue weighted by molar-refractivity contribution is 5.82. The van der Waals surface area contributed by atoms with E-state index in [4.69, 9.17) is 4.74 Å². The number of ether oxygens (including phenoxy) is 1. The van der Waals surface area contributed by atoms with Gasteiger partial charge in [-0.05, 0) is 31.8 Å². The number of carbonyl (C=O) groups is 1. The molecule has 2 rings (SSSR count). The van der Waals surface area contributed by atoms with Gasteiger partial charge >= 0.3 is 0 Å². The van der Waals surface area contributed by atoms with Crippen molar-refractivity contribution in [2.75, 3.05) is 72.6 Å². The van der Waals surface area contributed by atoms with Crippen LogP contribution in [0.5, 0.6) is 0 Å². The Labute approximate surface area is 155 Å². The third-order valence-electron chi connectivity index (χ3n) is 5.32. The molecule has 0 radical (unpaired) electrons. The molecule has 2 heterocycles. The highest BCUT2D eigenvalue weighted by atomic mass is 16.5. The summed E-state index contributed by atoms with van der Waals surface area (Å²) in [5.41, 5.74) is 0. The summed E-state index contributed by atoms with van der Waals surface area (Å²) in [6.07, 6.45) is 2.49. The van der Waals surface area contributed by atoms with Gasteiger partial charge in [-0.2, -0.15) is 0 Å². The van der Waals surface area contributed by atoms with Gasteiger partial charge in [-0.15, -0.1) is 0 Å². The minimum absolute atomic E-state index is 0.169. The quantitative estimate of drug-likeness (QED) is 0.667. The number of Topliss-reactive ketones (excluding diaryl/α,β-unsaturated/α-hetero) is 1. The Morgan fingerprint density at radius 2 is 1.52 bits per heavy atom. The first-order valence-corrected chi connectivity index (χ1v) is 10.3. The maximum atomic E-state index is 11.9. The molecule has 0 amide bonds. The Morgan fingerprint density at radius 1 is 0.960 bits per heavy atom. The first-order chi connectivity index (χ1) is 12.1. The van der Waals surface area contributed by atoms with Crippen molar-refractivity contribution in [2.24, 2.45) is 11.8 Å². The van der Waals surface area contributed by atoms with Gasteiger partial charge in [0.1, 0.15) is 5.78 Å². The molecule has 0 N–H and O–H groups in total. The Balaban J connectivity index is 0.00000151. The monoisotopic (exact) mass is 355 g/mol. The summed E-state index contributed by atoms with van der Waals surface area (Å²) in [6.45, 7) is 18.7. The molecule has 148 valence electrons. The smallest absolute Gasteiger partial charge is 0.149 e. The van der Waals surface area contributed by atoms with Crippen LogP contribution in [0.2, 0.25) is 0 Å². The summed E-state index contributed by atoms with van der Waals surface area (Å²) in [4.78, 5) is 19.3. The average molecular weight is 356 g/mol. The highest BCUT2D eigenvalue weighted by Gasteiger charge is 2.24. The molecule has 25 heavy (non-hydrogen) atoms. The summed E-state index contributed by atoms with van der Waals surface area (Å²) in [5.74, 6) is 1.36. The minimum atomic E-state index is 0.169. The lowest BCUT2D eigenvalue weighted by Gasteiger charge is -2.38. The fourth-order valence-electron chi connectivity index (χ4n) is 3.51. The first-order valence-electron chi connectivity index (χ1n) is 10.3. The Morgan fingerprint density at radius 3 is 2.04 bits per heavy atom. The molecule has 0 aromatic heterocycles.